The fraction of sp³-hybridized carbons (Fsp3) is 0.294. The van der Waals surface area contributed by atoms with Crippen molar-refractivity contribution < 1.29 is 13.9 Å². The Morgan fingerprint density at radius 3 is 2.76 bits per heavy atom. The van der Waals surface area contributed by atoms with Gasteiger partial charge in [0.15, 0.2) is 11.6 Å². The van der Waals surface area contributed by atoms with Crippen LogP contribution in [0.2, 0.25) is 0 Å². The Bertz CT molecular complexity index is 644. The van der Waals surface area contributed by atoms with Crippen molar-refractivity contribution >= 4 is 0 Å². The van der Waals surface area contributed by atoms with E-state index in [0.717, 1.165) is 23.3 Å². The Hall–Kier alpha value is -2.07. The Morgan fingerprint density at radius 1 is 1.24 bits per heavy atom. The molecule has 3 nitrogen and oxygen atoms in total. The molecule has 0 amide bonds. The van der Waals surface area contributed by atoms with Crippen molar-refractivity contribution in [3.8, 4) is 11.5 Å². The van der Waals surface area contributed by atoms with Crippen LogP contribution >= 0.6 is 0 Å². The third-order valence-corrected chi connectivity index (χ3v) is 3.91. The van der Waals surface area contributed by atoms with E-state index in [1.165, 1.54) is 13.2 Å². The molecule has 0 aromatic heterocycles. The lowest BCUT2D eigenvalue weighted by Gasteiger charge is -2.32. The quantitative estimate of drug-likeness (QED) is 0.935. The summed E-state index contributed by atoms with van der Waals surface area (Å²) < 4.78 is 24.9. The summed E-state index contributed by atoms with van der Waals surface area (Å²) >= 11 is 0. The van der Waals surface area contributed by atoms with Gasteiger partial charge in [0.05, 0.1) is 7.11 Å². The van der Waals surface area contributed by atoms with Crippen LogP contribution in [0.1, 0.15) is 29.7 Å². The van der Waals surface area contributed by atoms with E-state index < -0.39 is 0 Å². The number of methoxy groups -OCH3 is 1. The molecule has 0 fully saturated rings. The van der Waals surface area contributed by atoms with Gasteiger partial charge >= 0.3 is 0 Å². The fourth-order valence-electron chi connectivity index (χ4n) is 2.78. The standard InChI is InChI=1S/C17H18FNO2/c1-19-14-10-17(21-15-6-4-3-5-12(14)15)11-7-8-16(20-2)13(18)9-11/h3-9,14,17,19H,10H2,1-2H3. The molecule has 0 spiro atoms. The molecule has 0 saturated heterocycles. The highest BCUT2D eigenvalue weighted by molar-refractivity contribution is 5.40. The maximum absolute atomic E-state index is 13.9. The Balaban J connectivity index is 1.93. The molecule has 110 valence electrons. The second kappa shape index (κ2) is 5.74. The zero-order valence-electron chi connectivity index (χ0n) is 12.1. The molecule has 0 radical (unpaired) electrons. The molecule has 2 unspecified atom stereocenters. The number of fused-ring (bicyclic) bond motifs is 1. The number of halogens is 1. The van der Waals surface area contributed by atoms with Gasteiger partial charge < -0.3 is 14.8 Å². The third kappa shape index (κ3) is 2.59. The van der Waals surface area contributed by atoms with Gasteiger partial charge in [-0.1, -0.05) is 24.3 Å². The van der Waals surface area contributed by atoms with Crippen molar-refractivity contribution in [2.75, 3.05) is 14.2 Å². The van der Waals surface area contributed by atoms with Crippen LogP contribution in [-0.2, 0) is 0 Å². The maximum Gasteiger partial charge on any atom is 0.165 e. The lowest BCUT2D eigenvalue weighted by atomic mass is 9.93. The normalized spacial score (nSPS) is 20.5. The first-order chi connectivity index (χ1) is 10.2. The van der Waals surface area contributed by atoms with Crippen LogP contribution in [-0.4, -0.2) is 14.2 Å². The van der Waals surface area contributed by atoms with Gasteiger partial charge in [-0.15, -0.1) is 0 Å². The number of ether oxygens (including phenoxy) is 2. The summed E-state index contributed by atoms with van der Waals surface area (Å²) in [7, 11) is 3.39. The van der Waals surface area contributed by atoms with E-state index in [9.17, 15) is 4.39 Å². The highest BCUT2D eigenvalue weighted by Gasteiger charge is 2.28. The average molecular weight is 287 g/mol. The first-order valence-corrected chi connectivity index (χ1v) is 6.99. The van der Waals surface area contributed by atoms with Gasteiger partial charge in [0.2, 0.25) is 0 Å². The van der Waals surface area contributed by atoms with Gasteiger partial charge in [0.1, 0.15) is 11.9 Å². The van der Waals surface area contributed by atoms with Crippen LogP contribution in [0.25, 0.3) is 0 Å². The largest absolute Gasteiger partial charge is 0.494 e. The zero-order valence-corrected chi connectivity index (χ0v) is 12.1. The molecule has 1 aliphatic heterocycles. The van der Waals surface area contributed by atoms with Gasteiger partial charge in [-0.25, -0.2) is 4.39 Å². The summed E-state index contributed by atoms with van der Waals surface area (Å²) in [5.74, 6) is 0.739. The smallest absolute Gasteiger partial charge is 0.165 e. The minimum absolute atomic E-state index is 0.169. The van der Waals surface area contributed by atoms with Crippen molar-refractivity contribution in [3.05, 3.63) is 59.4 Å². The summed E-state index contributed by atoms with van der Waals surface area (Å²) in [5, 5.41) is 3.30. The Kier molecular flexibility index (Phi) is 3.80. The maximum atomic E-state index is 13.9. The van der Waals surface area contributed by atoms with Gasteiger partial charge in [-0.3, -0.25) is 0 Å². The van der Waals surface area contributed by atoms with Crippen LogP contribution in [0.4, 0.5) is 4.39 Å². The molecule has 1 aliphatic rings. The van der Waals surface area contributed by atoms with Crippen LogP contribution < -0.4 is 14.8 Å². The monoisotopic (exact) mass is 287 g/mol. The topological polar surface area (TPSA) is 30.5 Å². The number of nitrogens with one attached hydrogen (secondary N) is 1. The summed E-state index contributed by atoms with van der Waals surface area (Å²) in [5.41, 5.74) is 1.97. The SMILES string of the molecule is CNC1CC(c2ccc(OC)c(F)c2)Oc2ccccc21. The molecule has 1 heterocycles. The highest BCUT2D eigenvalue weighted by atomic mass is 19.1. The van der Waals surface area contributed by atoms with Crippen LogP contribution in [0.5, 0.6) is 11.5 Å². The van der Waals surface area contributed by atoms with Crippen LogP contribution in [0.15, 0.2) is 42.5 Å². The van der Waals surface area contributed by atoms with E-state index in [1.807, 2.05) is 31.3 Å². The van der Waals surface area contributed by atoms with E-state index >= 15 is 0 Å². The van der Waals surface area contributed by atoms with E-state index in [2.05, 4.69) is 11.4 Å². The van der Waals surface area contributed by atoms with E-state index in [-0.39, 0.29) is 23.7 Å². The molecule has 2 atom stereocenters. The van der Waals surface area contributed by atoms with Crippen molar-refractivity contribution in [2.24, 2.45) is 0 Å². The van der Waals surface area contributed by atoms with Crippen LogP contribution in [0, 0.1) is 5.82 Å². The Morgan fingerprint density at radius 2 is 2.05 bits per heavy atom. The summed E-state index contributed by atoms with van der Waals surface area (Å²) in [6.07, 6.45) is 0.594. The summed E-state index contributed by atoms with van der Waals surface area (Å²) in [6.45, 7) is 0. The van der Waals surface area contributed by atoms with Crippen molar-refractivity contribution in [2.45, 2.75) is 18.6 Å². The van der Waals surface area contributed by atoms with E-state index in [0.29, 0.717) is 0 Å². The molecule has 0 aliphatic carbocycles. The van der Waals surface area contributed by atoms with Gasteiger partial charge in [-0.2, -0.15) is 0 Å². The minimum Gasteiger partial charge on any atom is -0.494 e. The molecule has 1 N–H and O–H groups in total. The predicted molar refractivity (Wildman–Crippen MR) is 79.2 cm³/mol. The minimum atomic E-state index is -0.363. The van der Waals surface area contributed by atoms with E-state index in [1.54, 1.807) is 6.07 Å². The second-order valence-electron chi connectivity index (χ2n) is 5.12. The van der Waals surface area contributed by atoms with Gasteiger partial charge in [0.25, 0.3) is 0 Å². The van der Waals surface area contributed by atoms with Gasteiger partial charge in [-0.05, 0) is 30.8 Å². The molecule has 0 saturated carbocycles. The fourth-order valence-corrected chi connectivity index (χ4v) is 2.78. The molecule has 0 bridgehead atoms. The molecule has 2 aromatic carbocycles. The number of hydrogen-bond donors (Lipinski definition) is 1. The average Bonchev–Trinajstić information content (AvgIpc) is 2.53. The van der Waals surface area contributed by atoms with Crippen molar-refractivity contribution in [1.29, 1.82) is 0 Å². The molecular weight excluding hydrogens is 269 g/mol. The lowest BCUT2D eigenvalue weighted by molar-refractivity contribution is 0.153. The molecule has 3 rings (SSSR count). The van der Waals surface area contributed by atoms with Crippen molar-refractivity contribution in [1.82, 2.24) is 5.32 Å². The molecular formula is C17H18FNO2. The molecule has 21 heavy (non-hydrogen) atoms. The molecule has 4 heteroatoms. The highest BCUT2D eigenvalue weighted by Crippen LogP contribution is 2.40. The first kappa shape index (κ1) is 13.9. The molecule has 2 aromatic rings. The van der Waals surface area contributed by atoms with Gasteiger partial charge in [0, 0.05) is 18.0 Å². The zero-order chi connectivity index (χ0) is 14.8. The number of benzene rings is 2. The predicted octanol–water partition coefficient (Wildman–Crippen LogP) is 3.62. The van der Waals surface area contributed by atoms with Crippen LogP contribution in [0.3, 0.4) is 0 Å². The third-order valence-electron chi connectivity index (χ3n) is 3.91. The number of rotatable bonds is 3. The Labute approximate surface area is 123 Å². The lowest BCUT2D eigenvalue weighted by Crippen LogP contribution is -2.26. The first-order valence-electron chi connectivity index (χ1n) is 6.99. The second-order valence-corrected chi connectivity index (χ2v) is 5.12. The summed E-state index contributed by atoms with van der Waals surface area (Å²) in [4.78, 5) is 0. The number of para-hydroxylation sites is 1. The van der Waals surface area contributed by atoms with Crippen molar-refractivity contribution in [3.63, 3.8) is 0 Å². The number of hydrogen-bond acceptors (Lipinski definition) is 3. The summed E-state index contributed by atoms with van der Waals surface area (Å²) in [6, 6.07) is 13.1. The van der Waals surface area contributed by atoms with E-state index in [4.69, 9.17) is 9.47 Å².